The number of imidazole rings is 1. The van der Waals surface area contributed by atoms with E-state index in [0.717, 1.165) is 30.9 Å². The number of benzene rings is 1. The zero-order valence-corrected chi connectivity index (χ0v) is 18.0. The van der Waals surface area contributed by atoms with Crippen LogP contribution in [-0.4, -0.2) is 61.6 Å². The molecule has 4 rings (SSSR count). The number of anilines is 2. The normalized spacial score (nSPS) is 11.2. The lowest BCUT2D eigenvalue weighted by atomic mass is 10.1. The monoisotopic (exact) mass is 436 g/mol. The number of nitrogens with one attached hydrogen (secondary N) is 3. The second-order valence-electron chi connectivity index (χ2n) is 7.20. The molecule has 9 nitrogen and oxygen atoms in total. The SMILES string of the molecule is CCN(CC)CCNC(=O)c1ccc(Nc2ncc(-c3cn[nH]c3)n3ccnc23)cc1F. The molecule has 0 aliphatic rings. The Morgan fingerprint density at radius 2 is 2.06 bits per heavy atom. The van der Waals surface area contributed by atoms with Crippen molar-refractivity contribution in [3.63, 3.8) is 0 Å². The van der Waals surface area contributed by atoms with Crippen molar-refractivity contribution in [1.82, 2.24) is 34.8 Å². The van der Waals surface area contributed by atoms with E-state index in [2.05, 4.69) is 49.5 Å². The summed E-state index contributed by atoms with van der Waals surface area (Å²) in [4.78, 5) is 23.4. The van der Waals surface area contributed by atoms with Crippen molar-refractivity contribution in [3.05, 3.63) is 60.6 Å². The summed E-state index contributed by atoms with van der Waals surface area (Å²) in [6.07, 6.45) is 8.64. The number of aromatic nitrogens is 5. The van der Waals surface area contributed by atoms with E-state index in [1.165, 1.54) is 12.1 Å². The summed E-state index contributed by atoms with van der Waals surface area (Å²) in [6, 6.07) is 4.39. The lowest BCUT2D eigenvalue weighted by Crippen LogP contribution is -2.35. The van der Waals surface area contributed by atoms with Gasteiger partial charge in [0.25, 0.3) is 5.91 Å². The van der Waals surface area contributed by atoms with Crippen molar-refractivity contribution in [2.24, 2.45) is 0 Å². The van der Waals surface area contributed by atoms with Crippen LogP contribution in [0.25, 0.3) is 16.9 Å². The number of nitrogens with zero attached hydrogens (tertiary/aromatic N) is 5. The van der Waals surface area contributed by atoms with E-state index in [1.807, 2.05) is 10.6 Å². The standard InChI is InChI=1S/C22H25FN8O/c1-3-30(4-2)9-7-25-22(32)17-6-5-16(11-18(17)23)29-20-21-24-8-10-31(21)19(14-26-20)15-12-27-28-13-15/h5-6,8,10-14H,3-4,7,9H2,1-2H3,(H,25,32)(H,26,29)(H,27,28). The van der Waals surface area contributed by atoms with E-state index < -0.39 is 11.7 Å². The van der Waals surface area contributed by atoms with E-state index in [4.69, 9.17) is 0 Å². The lowest BCUT2D eigenvalue weighted by molar-refractivity contribution is 0.0945. The third-order valence-electron chi connectivity index (χ3n) is 5.31. The molecule has 32 heavy (non-hydrogen) atoms. The van der Waals surface area contributed by atoms with Gasteiger partial charge < -0.3 is 15.5 Å². The molecule has 1 amide bonds. The zero-order valence-electron chi connectivity index (χ0n) is 18.0. The average molecular weight is 436 g/mol. The number of amides is 1. The molecule has 1 aromatic carbocycles. The molecule has 0 unspecified atom stereocenters. The van der Waals surface area contributed by atoms with Crippen molar-refractivity contribution in [2.75, 3.05) is 31.5 Å². The summed E-state index contributed by atoms with van der Waals surface area (Å²) in [5, 5.41) is 12.6. The van der Waals surface area contributed by atoms with Crippen LogP contribution < -0.4 is 10.6 Å². The highest BCUT2D eigenvalue weighted by Crippen LogP contribution is 2.25. The van der Waals surface area contributed by atoms with Gasteiger partial charge in [0.2, 0.25) is 0 Å². The molecule has 0 aliphatic heterocycles. The van der Waals surface area contributed by atoms with Gasteiger partial charge >= 0.3 is 0 Å². The minimum Gasteiger partial charge on any atom is -0.351 e. The molecule has 0 saturated carbocycles. The van der Waals surface area contributed by atoms with Gasteiger partial charge in [-0.3, -0.25) is 14.3 Å². The fourth-order valence-corrected chi connectivity index (χ4v) is 3.49. The van der Waals surface area contributed by atoms with E-state index >= 15 is 0 Å². The van der Waals surface area contributed by atoms with Gasteiger partial charge in [0.15, 0.2) is 11.5 Å². The molecular weight excluding hydrogens is 411 g/mol. The molecule has 0 spiro atoms. The van der Waals surface area contributed by atoms with Gasteiger partial charge in [-0.25, -0.2) is 14.4 Å². The summed E-state index contributed by atoms with van der Waals surface area (Å²) in [7, 11) is 0. The third kappa shape index (κ3) is 4.45. The summed E-state index contributed by atoms with van der Waals surface area (Å²) < 4.78 is 16.5. The maximum absolute atomic E-state index is 14.7. The van der Waals surface area contributed by atoms with Gasteiger partial charge in [0.05, 0.1) is 23.7 Å². The highest BCUT2D eigenvalue weighted by molar-refractivity contribution is 5.95. The first-order chi connectivity index (χ1) is 15.6. The number of H-pyrrole nitrogens is 1. The zero-order chi connectivity index (χ0) is 22.5. The van der Waals surface area contributed by atoms with Crippen molar-refractivity contribution in [2.45, 2.75) is 13.8 Å². The minimum absolute atomic E-state index is 0.00400. The van der Waals surface area contributed by atoms with E-state index in [1.54, 1.807) is 30.9 Å². The summed E-state index contributed by atoms with van der Waals surface area (Å²) in [6.45, 7) is 7.12. The highest BCUT2D eigenvalue weighted by atomic mass is 19.1. The third-order valence-corrected chi connectivity index (χ3v) is 5.31. The van der Waals surface area contributed by atoms with Crippen LogP contribution in [0.5, 0.6) is 0 Å². The molecule has 0 saturated heterocycles. The predicted molar refractivity (Wildman–Crippen MR) is 120 cm³/mol. The van der Waals surface area contributed by atoms with Gasteiger partial charge in [-0.15, -0.1) is 0 Å². The number of halogens is 1. The number of hydrogen-bond donors (Lipinski definition) is 3. The number of carbonyl (C=O) groups excluding carboxylic acids is 1. The summed E-state index contributed by atoms with van der Waals surface area (Å²) in [5.74, 6) is -0.567. The molecule has 0 fully saturated rings. The maximum atomic E-state index is 14.7. The lowest BCUT2D eigenvalue weighted by Gasteiger charge is -2.18. The Balaban J connectivity index is 1.48. The Hall–Kier alpha value is -3.79. The van der Waals surface area contributed by atoms with Crippen LogP contribution >= 0.6 is 0 Å². The van der Waals surface area contributed by atoms with Crippen LogP contribution in [0, 0.1) is 5.82 Å². The number of fused-ring (bicyclic) bond motifs is 1. The maximum Gasteiger partial charge on any atom is 0.254 e. The van der Waals surface area contributed by atoms with Crippen LogP contribution in [0.3, 0.4) is 0 Å². The fraction of sp³-hybridized carbons (Fsp3) is 0.273. The average Bonchev–Trinajstić information content (AvgIpc) is 3.49. The van der Waals surface area contributed by atoms with E-state index in [9.17, 15) is 9.18 Å². The van der Waals surface area contributed by atoms with Gasteiger partial charge in [-0.2, -0.15) is 5.10 Å². The van der Waals surface area contributed by atoms with Crippen LogP contribution in [-0.2, 0) is 0 Å². The van der Waals surface area contributed by atoms with Gasteiger partial charge in [-0.05, 0) is 31.3 Å². The first-order valence-corrected chi connectivity index (χ1v) is 10.5. The van der Waals surface area contributed by atoms with E-state index in [-0.39, 0.29) is 5.56 Å². The molecule has 166 valence electrons. The van der Waals surface area contributed by atoms with Crippen LogP contribution in [0.1, 0.15) is 24.2 Å². The summed E-state index contributed by atoms with van der Waals surface area (Å²) >= 11 is 0. The van der Waals surface area contributed by atoms with Crippen LogP contribution in [0.15, 0.2) is 49.2 Å². The number of aromatic amines is 1. The van der Waals surface area contributed by atoms with Crippen molar-refractivity contribution in [3.8, 4) is 11.3 Å². The number of carbonyl (C=O) groups is 1. The molecule has 0 radical (unpaired) electrons. The Morgan fingerprint density at radius 1 is 1.22 bits per heavy atom. The molecule has 0 aliphatic carbocycles. The van der Waals surface area contributed by atoms with Gasteiger partial charge in [0, 0.05) is 42.9 Å². The van der Waals surface area contributed by atoms with Crippen molar-refractivity contribution in [1.29, 1.82) is 0 Å². The molecular formula is C22H25FN8O. The van der Waals surface area contributed by atoms with E-state index in [0.29, 0.717) is 23.7 Å². The highest BCUT2D eigenvalue weighted by Gasteiger charge is 2.15. The molecule has 3 N–H and O–H groups in total. The van der Waals surface area contributed by atoms with Crippen LogP contribution in [0.2, 0.25) is 0 Å². The molecule has 10 heteroatoms. The second-order valence-corrected chi connectivity index (χ2v) is 7.20. The largest absolute Gasteiger partial charge is 0.351 e. The first-order valence-electron chi connectivity index (χ1n) is 10.5. The van der Waals surface area contributed by atoms with Gasteiger partial charge in [0.1, 0.15) is 5.82 Å². The molecule has 3 heterocycles. The number of rotatable bonds is 9. The Labute approximate surface area is 184 Å². The first kappa shape index (κ1) is 21.4. The Kier molecular flexibility index (Phi) is 6.41. The smallest absolute Gasteiger partial charge is 0.254 e. The molecule has 0 bridgehead atoms. The van der Waals surface area contributed by atoms with Crippen molar-refractivity contribution >= 4 is 23.1 Å². The van der Waals surface area contributed by atoms with Crippen molar-refractivity contribution < 1.29 is 9.18 Å². The number of hydrogen-bond acceptors (Lipinski definition) is 6. The quantitative estimate of drug-likeness (QED) is 0.373. The van der Waals surface area contributed by atoms with Gasteiger partial charge in [-0.1, -0.05) is 13.8 Å². The van der Waals surface area contributed by atoms with Crippen LogP contribution in [0.4, 0.5) is 15.9 Å². The fourth-order valence-electron chi connectivity index (χ4n) is 3.49. The Morgan fingerprint density at radius 3 is 2.78 bits per heavy atom. The predicted octanol–water partition coefficient (Wildman–Crippen LogP) is 3.07. The molecule has 4 aromatic rings. The molecule has 3 aromatic heterocycles. The Bertz CT molecular complexity index is 1200. The topological polar surface area (TPSA) is 103 Å². The second kappa shape index (κ2) is 9.56. The summed E-state index contributed by atoms with van der Waals surface area (Å²) in [5.41, 5.74) is 2.75. The number of likely N-dealkylation sites (N-methyl/N-ethyl adjacent to an activating group) is 1. The minimum atomic E-state index is -0.607. The molecule has 0 atom stereocenters.